The first-order chi connectivity index (χ1) is 10.2. The molecule has 0 aliphatic heterocycles. The molecule has 0 radical (unpaired) electrons. The van der Waals surface area contributed by atoms with Crippen LogP contribution < -0.4 is 0 Å². The number of aliphatic imine (C=N–C) groups is 1. The SMILES string of the molecule is COC(=O)C(C)CN=C(c1ccccc1)c1ccccc1. The third-order valence-corrected chi connectivity index (χ3v) is 3.22. The van der Waals surface area contributed by atoms with Crippen molar-refractivity contribution in [2.45, 2.75) is 6.92 Å². The van der Waals surface area contributed by atoms with Gasteiger partial charge in [-0.1, -0.05) is 67.6 Å². The van der Waals surface area contributed by atoms with Gasteiger partial charge in [0, 0.05) is 11.1 Å². The fourth-order valence-corrected chi connectivity index (χ4v) is 2.05. The van der Waals surface area contributed by atoms with Crippen LogP contribution in [0.25, 0.3) is 0 Å². The molecule has 0 aliphatic carbocycles. The van der Waals surface area contributed by atoms with Crippen LogP contribution in [0.3, 0.4) is 0 Å². The predicted molar refractivity (Wildman–Crippen MR) is 84.6 cm³/mol. The van der Waals surface area contributed by atoms with Crippen molar-refractivity contribution in [1.29, 1.82) is 0 Å². The fraction of sp³-hybridized carbons (Fsp3) is 0.222. The standard InChI is InChI=1S/C18H19NO2/c1-14(18(20)21-2)13-19-17(15-9-5-3-6-10-15)16-11-7-4-8-12-16/h3-12,14H,13H2,1-2H3. The molecular formula is C18H19NO2. The van der Waals surface area contributed by atoms with Crippen LogP contribution in [0.5, 0.6) is 0 Å². The zero-order valence-corrected chi connectivity index (χ0v) is 12.3. The molecule has 1 unspecified atom stereocenters. The second kappa shape index (κ2) is 7.39. The second-order valence-corrected chi connectivity index (χ2v) is 4.85. The van der Waals surface area contributed by atoms with Crippen molar-refractivity contribution < 1.29 is 9.53 Å². The van der Waals surface area contributed by atoms with Crippen LogP contribution >= 0.6 is 0 Å². The summed E-state index contributed by atoms with van der Waals surface area (Å²) in [5.41, 5.74) is 2.98. The summed E-state index contributed by atoms with van der Waals surface area (Å²) in [5, 5.41) is 0. The van der Waals surface area contributed by atoms with Gasteiger partial charge in [0.25, 0.3) is 0 Å². The lowest BCUT2D eigenvalue weighted by atomic mass is 10.0. The number of benzene rings is 2. The lowest BCUT2D eigenvalue weighted by Gasteiger charge is -2.10. The molecule has 1 atom stereocenters. The topological polar surface area (TPSA) is 38.7 Å². The van der Waals surface area contributed by atoms with Crippen LogP contribution in [0, 0.1) is 5.92 Å². The van der Waals surface area contributed by atoms with Crippen LogP contribution in [0.4, 0.5) is 0 Å². The van der Waals surface area contributed by atoms with Crippen molar-refractivity contribution in [3.8, 4) is 0 Å². The van der Waals surface area contributed by atoms with E-state index >= 15 is 0 Å². The predicted octanol–water partition coefficient (Wildman–Crippen LogP) is 3.33. The van der Waals surface area contributed by atoms with Gasteiger partial charge in [-0.05, 0) is 0 Å². The van der Waals surface area contributed by atoms with E-state index in [4.69, 9.17) is 4.74 Å². The van der Waals surface area contributed by atoms with Crippen LogP contribution in [-0.2, 0) is 9.53 Å². The molecule has 21 heavy (non-hydrogen) atoms. The molecule has 0 aromatic heterocycles. The van der Waals surface area contributed by atoms with Gasteiger partial charge in [-0.25, -0.2) is 0 Å². The fourth-order valence-electron chi connectivity index (χ4n) is 2.05. The van der Waals surface area contributed by atoms with E-state index in [9.17, 15) is 4.79 Å². The highest BCUT2D eigenvalue weighted by Gasteiger charge is 2.13. The molecular weight excluding hydrogens is 262 g/mol. The van der Waals surface area contributed by atoms with Crippen molar-refractivity contribution in [2.75, 3.05) is 13.7 Å². The lowest BCUT2D eigenvalue weighted by Crippen LogP contribution is -2.17. The number of esters is 1. The van der Waals surface area contributed by atoms with Gasteiger partial charge >= 0.3 is 5.97 Å². The number of carbonyl (C=O) groups excluding carboxylic acids is 1. The highest BCUT2D eigenvalue weighted by Crippen LogP contribution is 2.12. The molecule has 0 spiro atoms. The Morgan fingerprint density at radius 2 is 1.48 bits per heavy atom. The molecule has 2 rings (SSSR count). The number of rotatable bonds is 5. The number of hydrogen-bond donors (Lipinski definition) is 0. The molecule has 2 aromatic carbocycles. The van der Waals surface area contributed by atoms with Crippen LogP contribution in [-0.4, -0.2) is 25.3 Å². The summed E-state index contributed by atoms with van der Waals surface area (Å²) in [7, 11) is 1.40. The van der Waals surface area contributed by atoms with Crippen molar-refractivity contribution in [3.05, 3.63) is 71.8 Å². The first-order valence-electron chi connectivity index (χ1n) is 6.95. The summed E-state index contributed by atoms with van der Waals surface area (Å²) in [5.74, 6) is -0.489. The van der Waals surface area contributed by atoms with Gasteiger partial charge in [0.2, 0.25) is 0 Å². The largest absolute Gasteiger partial charge is 0.469 e. The molecule has 2 aromatic rings. The maximum absolute atomic E-state index is 11.5. The number of ether oxygens (including phenoxy) is 1. The Hall–Kier alpha value is -2.42. The highest BCUT2D eigenvalue weighted by atomic mass is 16.5. The third kappa shape index (κ3) is 4.02. The molecule has 3 nitrogen and oxygen atoms in total. The van der Waals surface area contributed by atoms with Crippen molar-refractivity contribution in [3.63, 3.8) is 0 Å². The average molecular weight is 281 g/mol. The molecule has 0 fully saturated rings. The highest BCUT2D eigenvalue weighted by molar-refractivity contribution is 6.12. The summed E-state index contributed by atoms with van der Waals surface area (Å²) >= 11 is 0. The molecule has 0 heterocycles. The minimum absolute atomic E-state index is 0.237. The van der Waals surface area contributed by atoms with E-state index in [0.29, 0.717) is 6.54 Å². The maximum Gasteiger partial charge on any atom is 0.310 e. The maximum atomic E-state index is 11.5. The molecule has 0 amide bonds. The Bertz CT molecular complexity index is 564. The zero-order chi connectivity index (χ0) is 15.1. The zero-order valence-electron chi connectivity index (χ0n) is 12.3. The first-order valence-corrected chi connectivity index (χ1v) is 6.95. The second-order valence-electron chi connectivity index (χ2n) is 4.85. The summed E-state index contributed by atoms with van der Waals surface area (Å²) in [6.07, 6.45) is 0. The Balaban J connectivity index is 2.31. The molecule has 0 N–H and O–H groups in total. The summed E-state index contributed by atoms with van der Waals surface area (Å²) < 4.78 is 4.75. The number of methoxy groups -OCH3 is 1. The van der Waals surface area contributed by atoms with Gasteiger partial charge in [-0.3, -0.25) is 9.79 Å². The van der Waals surface area contributed by atoms with E-state index in [-0.39, 0.29) is 11.9 Å². The molecule has 3 heteroatoms. The van der Waals surface area contributed by atoms with Crippen LogP contribution in [0.2, 0.25) is 0 Å². The van der Waals surface area contributed by atoms with Gasteiger partial charge < -0.3 is 4.74 Å². The first kappa shape index (κ1) is 15.0. The van der Waals surface area contributed by atoms with Gasteiger partial charge in [0.1, 0.15) is 0 Å². The smallest absolute Gasteiger partial charge is 0.310 e. The molecule has 108 valence electrons. The van der Waals surface area contributed by atoms with E-state index in [0.717, 1.165) is 16.8 Å². The number of nitrogens with zero attached hydrogens (tertiary/aromatic N) is 1. The summed E-state index contributed by atoms with van der Waals surface area (Å²) in [6, 6.07) is 20.0. The lowest BCUT2D eigenvalue weighted by molar-refractivity contribution is -0.144. The molecule has 0 saturated carbocycles. The Kier molecular flexibility index (Phi) is 5.27. The Morgan fingerprint density at radius 1 is 1.00 bits per heavy atom. The molecule has 0 saturated heterocycles. The van der Waals surface area contributed by atoms with Crippen molar-refractivity contribution in [1.82, 2.24) is 0 Å². The van der Waals surface area contributed by atoms with Gasteiger partial charge in [0.05, 0.1) is 25.3 Å². The van der Waals surface area contributed by atoms with E-state index in [1.54, 1.807) is 0 Å². The van der Waals surface area contributed by atoms with Gasteiger partial charge in [0.15, 0.2) is 0 Å². The Labute approximate surface area is 125 Å². The number of hydrogen-bond acceptors (Lipinski definition) is 3. The van der Waals surface area contributed by atoms with Crippen molar-refractivity contribution in [2.24, 2.45) is 10.9 Å². The minimum Gasteiger partial charge on any atom is -0.469 e. The minimum atomic E-state index is -0.252. The number of carbonyl (C=O) groups is 1. The quantitative estimate of drug-likeness (QED) is 0.623. The van der Waals surface area contributed by atoms with Crippen molar-refractivity contribution >= 4 is 11.7 Å². The van der Waals surface area contributed by atoms with E-state index in [1.807, 2.05) is 67.6 Å². The van der Waals surface area contributed by atoms with E-state index in [2.05, 4.69) is 4.99 Å². The Morgan fingerprint density at radius 3 is 1.90 bits per heavy atom. The third-order valence-electron chi connectivity index (χ3n) is 3.22. The van der Waals surface area contributed by atoms with E-state index in [1.165, 1.54) is 7.11 Å². The monoisotopic (exact) mass is 281 g/mol. The van der Waals surface area contributed by atoms with Gasteiger partial charge in [-0.15, -0.1) is 0 Å². The normalized spacial score (nSPS) is 11.5. The molecule has 0 bridgehead atoms. The van der Waals surface area contributed by atoms with Crippen LogP contribution in [0.15, 0.2) is 65.7 Å². The molecule has 0 aliphatic rings. The van der Waals surface area contributed by atoms with Crippen LogP contribution in [0.1, 0.15) is 18.1 Å². The van der Waals surface area contributed by atoms with Gasteiger partial charge in [-0.2, -0.15) is 0 Å². The summed E-state index contributed by atoms with van der Waals surface area (Å²) in [6.45, 7) is 2.23. The summed E-state index contributed by atoms with van der Waals surface area (Å²) in [4.78, 5) is 16.2. The average Bonchev–Trinajstić information content (AvgIpc) is 2.56. The van der Waals surface area contributed by atoms with E-state index < -0.39 is 0 Å².